The first-order valence-electron chi connectivity index (χ1n) is 4.43. The molecule has 1 aromatic rings. The molecular formula is C10H11NOS. The van der Waals surface area contributed by atoms with Crippen LogP contribution in [0, 0.1) is 11.3 Å². The van der Waals surface area contributed by atoms with Crippen LogP contribution in [0.3, 0.4) is 0 Å². The van der Waals surface area contributed by atoms with Gasteiger partial charge in [0.1, 0.15) is 10.9 Å². The van der Waals surface area contributed by atoms with Crippen molar-refractivity contribution in [2.45, 2.75) is 31.3 Å². The second-order valence-corrected chi connectivity index (χ2v) is 4.77. The van der Waals surface area contributed by atoms with Gasteiger partial charge in [0, 0.05) is 4.88 Å². The molecule has 68 valence electrons. The average Bonchev–Trinajstić information content (AvgIpc) is 2.69. The van der Waals surface area contributed by atoms with Crippen molar-refractivity contribution in [1.29, 1.82) is 5.26 Å². The number of nitriles is 1. The van der Waals surface area contributed by atoms with Crippen LogP contribution >= 0.6 is 11.3 Å². The molecule has 0 spiro atoms. The fraction of sp³-hybridized carbons (Fsp3) is 0.500. The van der Waals surface area contributed by atoms with Crippen LogP contribution in [-0.2, 0) is 6.42 Å². The molecule has 0 bridgehead atoms. The summed E-state index contributed by atoms with van der Waals surface area (Å²) in [6, 6.07) is 5.94. The predicted octanol–water partition coefficient (Wildman–Crippen LogP) is 2.08. The highest BCUT2D eigenvalue weighted by Crippen LogP contribution is 2.39. The van der Waals surface area contributed by atoms with Crippen LogP contribution in [0.15, 0.2) is 12.1 Å². The summed E-state index contributed by atoms with van der Waals surface area (Å²) in [5.41, 5.74) is -0.364. The quantitative estimate of drug-likeness (QED) is 0.798. The number of aliphatic hydroxyl groups is 1. The Morgan fingerprint density at radius 1 is 1.54 bits per heavy atom. The van der Waals surface area contributed by atoms with Gasteiger partial charge < -0.3 is 5.11 Å². The van der Waals surface area contributed by atoms with Gasteiger partial charge in [-0.15, -0.1) is 11.3 Å². The molecule has 0 unspecified atom stereocenters. The summed E-state index contributed by atoms with van der Waals surface area (Å²) in [4.78, 5) is 1.97. The van der Waals surface area contributed by atoms with Gasteiger partial charge in [-0.25, -0.2) is 0 Å². The zero-order valence-corrected chi connectivity index (χ0v) is 8.10. The maximum absolute atomic E-state index is 9.59. The molecule has 0 amide bonds. The smallest absolute Gasteiger partial charge is 0.110 e. The first-order chi connectivity index (χ1) is 6.22. The van der Waals surface area contributed by atoms with Crippen LogP contribution < -0.4 is 0 Å². The fourth-order valence-corrected chi connectivity index (χ4v) is 2.13. The average molecular weight is 193 g/mol. The lowest BCUT2D eigenvalue weighted by Crippen LogP contribution is -2.06. The van der Waals surface area contributed by atoms with Crippen molar-refractivity contribution in [3.8, 4) is 6.07 Å². The summed E-state index contributed by atoms with van der Waals surface area (Å²) in [5.74, 6) is 0. The van der Waals surface area contributed by atoms with Crippen molar-refractivity contribution in [1.82, 2.24) is 0 Å². The van der Waals surface area contributed by atoms with Gasteiger partial charge >= 0.3 is 0 Å². The van der Waals surface area contributed by atoms with Crippen molar-refractivity contribution in [2.75, 3.05) is 0 Å². The summed E-state index contributed by atoms with van der Waals surface area (Å²) in [6.07, 6.45) is 3.65. The van der Waals surface area contributed by atoms with Gasteiger partial charge in [-0.3, -0.25) is 0 Å². The van der Waals surface area contributed by atoms with E-state index in [0.29, 0.717) is 0 Å². The lowest BCUT2D eigenvalue weighted by molar-refractivity contribution is 0.141. The standard InChI is InChI=1S/C10H11NOS/c11-7-9-2-1-8(13-9)3-4-10(12)5-6-10/h1-2,12H,3-6H2. The SMILES string of the molecule is N#Cc1ccc(CCC2(O)CC2)s1. The number of hydrogen-bond donors (Lipinski definition) is 1. The maximum Gasteiger partial charge on any atom is 0.110 e. The van der Waals surface area contributed by atoms with E-state index < -0.39 is 0 Å². The zero-order valence-electron chi connectivity index (χ0n) is 7.29. The predicted molar refractivity (Wildman–Crippen MR) is 51.5 cm³/mol. The molecule has 1 aliphatic rings. The van der Waals surface area contributed by atoms with Gasteiger partial charge in [0.2, 0.25) is 0 Å². The van der Waals surface area contributed by atoms with Crippen LogP contribution in [0.1, 0.15) is 29.0 Å². The van der Waals surface area contributed by atoms with Gasteiger partial charge in [-0.05, 0) is 37.8 Å². The topological polar surface area (TPSA) is 44.0 Å². The van der Waals surface area contributed by atoms with E-state index >= 15 is 0 Å². The fourth-order valence-electron chi connectivity index (χ4n) is 1.32. The third kappa shape index (κ3) is 2.09. The molecule has 0 saturated heterocycles. The molecule has 0 radical (unpaired) electrons. The Morgan fingerprint density at radius 3 is 2.85 bits per heavy atom. The van der Waals surface area contributed by atoms with E-state index in [2.05, 4.69) is 6.07 Å². The van der Waals surface area contributed by atoms with E-state index in [-0.39, 0.29) is 5.60 Å². The Bertz CT molecular complexity index is 346. The van der Waals surface area contributed by atoms with Gasteiger partial charge in [0.05, 0.1) is 5.60 Å². The minimum absolute atomic E-state index is 0.364. The molecule has 1 heterocycles. The normalized spacial score (nSPS) is 18.2. The molecule has 2 nitrogen and oxygen atoms in total. The largest absolute Gasteiger partial charge is 0.390 e. The number of aryl methyl sites for hydroxylation is 1. The summed E-state index contributed by atoms with van der Waals surface area (Å²) in [7, 11) is 0. The molecule has 0 aromatic carbocycles. The van der Waals surface area contributed by atoms with E-state index in [1.807, 2.05) is 12.1 Å². The molecule has 13 heavy (non-hydrogen) atoms. The van der Waals surface area contributed by atoms with Crippen molar-refractivity contribution < 1.29 is 5.11 Å². The van der Waals surface area contributed by atoms with Gasteiger partial charge in [0.25, 0.3) is 0 Å². The Balaban J connectivity index is 1.91. The highest BCUT2D eigenvalue weighted by molar-refractivity contribution is 7.12. The Kier molecular flexibility index (Phi) is 2.10. The highest BCUT2D eigenvalue weighted by Gasteiger charge is 2.39. The highest BCUT2D eigenvalue weighted by atomic mass is 32.1. The van der Waals surface area contributed by atoms with Crippen LogP contribution in [-0.4, -0.2) is 10.7 Å². The Hall–Kier alpha value is -0.850. The number of nitrogens with zero attached hydrogens (tertiary/aromatic N) is 1. The monoisotopic (exact) mass is 193 g/mol. The number of rotatable bonds is 3. The minimum atomic E-state index is -0.364. The van der Waals surface area contributed by atoms with Gasteiger partial charge in [-0.2, -0.15) is 5.26 Å². The molecule has 1 aliphatic carbocycles. The molecule has 3 heteroatoms. The molecule has 2 rings (SSSR count). The van der Waals surface area contributed by atoms with Crippen LogP contribution in [0.4, 0.5) is 0 Å². The Labute approximate surface area is 81.4 Å². The summed E-state index contributed by atoms with van der Waals surface area (Å²) in [6.45, 7) is 0. The summed E-state index contributed by atoms with van der Waals surface area (Å²) < 4.78 is 0. The van der Waals surface area contributed by atoms with Crippen molar-refractivity contribution >= 4 is 11.3 Å². The van der Waals surface area contributed by atoms with E-state index in [4.69, 9.17) is 5.26 Å². The molecule has 1 aromatic heterocycles. The van der Waals surface area contributed by atoms with Gasteiger partial charge in [-0.1, -0.05) is 0 Å². The molecule has 1 N–H and O–H groups in total. The van der Waals surface area contributed by atoms with Crippen molar-refractivity contribution in [2.24, 2.45) is 0 Å². The number of hydrogen-bond acceptors (Lipinski definition) is 3. The van der Waals surface area contributed by atoms with E-state index in [1.165, 1.54) is 16.2 Å². The van der Waals surface area contributed by atoms with Crippen LogP contribution in [0.25, 0.3) is 0 Å². The minimum Gasteiger partial charge on any atom is -0.390 e. The second-order valence-electron chi connectivity index (χ2n) is 3.60. The lowest BCUT2D eigenvalue weighted by atomic mass is 10.1. The van der Waals surface area contributed by atoms with E-state index in [0.717, 1.165) is 30.6 Å². The number of thiophene rings is 1. The van der Waals surface area contributed by atoms with E-state index in [1.54, 1.807) is 0 Å². The molecule has 1 fully saturated rings. The van der Waals surface area contributed by atoms with Crippen LogP contribution in [0.5, 0.6) is 0 Å². The Morgan fingerprint density at radius 2 is 2.31 bits per heavy atom. The van der Waals surface area contributed by atoms with Crippen LogP contribution in [0.2, 0.25) is 0 Å². The zero-order chi connectivity index (χ0) is 9.31. The third-order valence-electron chi connectivity index (χ3n) is 2.44. The first-order valence-corrected chi connectivity index (χ1v) is 5.25. The lowest BCUT2D eigenvalue weighted by Gasteiger charge is -2.04. The van der Waals surface area contributed by atoms with Crippen molar-refractivity contribution in [3.05, 3.63) is 21.9 Å². The second kappa shape index (κ2) is 3.13. The molecule has 0 atom stereocenters. The van der Waals surface area contributed by atoms with E-state index in [9.17, 15) is 5.11 Å². The summed E-state index contributed by atoms with van der Waals surface area (Å²) in [5, 5.41) is 18.2. The maximum atomic E-state index is 9.59. The molecule has 0 aliphatic heterocycles. The summed E-state index contributed by atoms with van der Waals surface area (Å²) >= 11 is 1.53. The molecular weight excluding hydrogens is 182 g/mol. The van der Waals surface area contributed by atoms with Gasteiger partial charge in [0.15, 0.2) is 0 Å². The third-order valence-corrected chi connectivity index (χ3v) is 3.49. The van der Waals surface area contributed by atoms with Crippen molar-refractivity contribution in [3.63, 3.8) is 0 Å². The molecule has 1 saturated carbocycles. The first kappa shape index (κ1) is 8.74.